The van der Waals surface area contributed by atoms with Gasteiger partial charge in [-0.2, -0.15) is 0 Å². The highest BCUT2D eigenvalue weighted by Gasteiger charge is 2.40. The fourth-order valence-electron chi connectivity index (χ4n) is 3.39. The van der Waals surface area contributed by atoms with E-state index >= 15 is 0 Å². The molecule has 1 aliphatic carbocycles. The van der Waals surface area contributed by atoms with Crippen molar-refractivity contribution in [3.8, 4) is 0 Å². The first kappa shape index (κ1) is 13.9. The molecule has 0 N–H and O–H groups in total. The lowest BCUT2D eigenvalue weighted by atomic mass is 10.0. The molecule has 0 radical (unpaired) electrons. The highest BCUT2D eigenvalue weighted by molar-refractivity contribution is 5.47. The molecule has 1 aromatic rings. The summed E-state index contributed by atoms with van der Waals surface area (Å²) < 4.78 is 13.1. The molecule has 1 aliphatic heterocycles. The quantitative estimate of drug-likeness (QED) is 0.830. The number of benzene rings is 1. The van der Waals surface area contributed by atoms with Gasteiger partial charge >= 0.3 is 0 Å². The monoisotopic (exact) mass is 276 g/mol. The van der Waals surface area contributed by atoms with Gasteiger partial charge in [-0.25, -0.2) is 4.39 Å². The molecule has 2 aliphatic rings. The zero-order valence-corrected chi connectivity index (χ0v) is 12.6. The summed E-state index contributed by atoms with van der Waals surface area (Å²) in [4.78, 5) is 5.14. The fraction of sp³-hybridized carbons (Fsp3) is 0.647. The summed E-state index contributed by atoms with van der Waals surface area (Å²) in [5, 5.41) is 0. The van der Waals surface area contributed by atoms with Crippen LogP contribution in [-0.4, -0.2) is 36.6 Å². The number of nitrogens with zero attached hydrogens (tertiary/aromatic N) is 2. The normalized spacial score (nSPS) is 25.8. The van der Waals surface area contributed by atoms with Crippen molar-refractivity contribution < 1.29 is 4.39 Å². The number of anilines is 1. The molecule has 2 atom stereocenters. The number of hydrogen-bond acceptors (Lipinski definition) is 2. The van der Waals surface area contributed by atoms with Crippen molar-refractivity contribution in [2.75, 3.05) is 24.5 Å². The molecule has 3 rings (SSSR count). The molecule has 0 aromatic heterocycles. The first-order valence-corrected chi connectivity index (χ1v) is 7.95. The lowest BCUT2D eigenvalue weighted by Gasteiger charge is -2.45. The Morgan fingerprint density at radius 3 is 2.50 bits per heavy atom. The SMILES string of the molecule is CCC(C)N1CCN(c2ccc(F)cc2)CC1C1CC1. The molecule has 20 heavy (non-hydrogen) atoms. The summed E-state index contributed by atoms with van der Waals surface area (Å²) in [6.07, 6.45) is 3.99. The lowest BCUT2D eigenvalue weighted by Crippen LogP contribution is -2.56. The van der Waals surface area contributed by atoms with Crippen molar-refractivity contribution in [2.45, 2.75) is 45.2 Å². The largest absolute Gasteiger partial charge is 0.369 e. The minimum absolute atomic E-state index is 0.147. The maximum Gasteiger partial charge on any atom is 0.123 e. The van der Waals surface area contributed by atoms with Crippen LogP contribution in [0.4, 0.5) is 10.1 Å². The van der Waals surface area contributed by atoms with Gasteiger partial charge in [-0.05, 0) is 56.4 Å². The van der Waals surface area contributed by atoms with Crippen LogP contribution in [0.1, 0.15) is 33.1 Å². The Morgan fingerprint density at radius 2 is 1.90 bits per heavy atom. The van der Waals surface area contributed by atoms with Crippen molar-refractivity contribution in [1.82, 2.24) is 4.90 Å². The second-order valence-electron chi connectivity index (χ2n) is 6.32. The summed E-state index contributed by atoms with van der Waals surface area (Å²) in [6, 6.07) is 8.33. The second-order valence-corrected chi connectivity index (χ2v) is 6.32. The minimum Gasteiger partial charge on any atom is -0.369 e. The minimum atomic E-state index is -0.147. The standard InChI is InChI=1S/C17H25FN2/c1-3-13(2)20-11-10-19(12-17(20)14-4-5-14)16-8-6-15(18)7-9-16/h6-9,13-14,17H,3-5,10-12H2,1-2H3. The first-order chi connectivity index (χ1) is 9.69. The third kappa shape index (κ3) is 2.83. The van der Waals surface area contributed by atoms with Crippen LogP contribution < -0.4 is 4.90 Å². The predicted octanol–water partition coefficient (Wildman–Crippen LogP) is 3.52. The van der Waals surface area contributed by atoms with Gasteiger partial charge in [0.15, 0.2) is 0 Å². The maximum atomic E-state index is 13.1. The van der Waals surface area contributed by atoms with Crippen molar-refractivity contribution in [3.05, 3.63) is 30.1 Å². The zero-order valence-electron chi connectivity index (χ0n) is 12.6. The van der Waals surface area contributed by atoms with E-state index in [0.717, 1.165) is 25.6 Å². The number of hydrogen-bond donors (Lipinski definition) is 0. The van der Waals surface area contributed by atoms with Crippen molar-refractivity contribution in [2.24, 2.45) is 5.92 Å². The number of rotatable bonds is 4. The van der Waals surface area contributed by atoms with Gasteiger partial charge in [-0.1, -0.05) is 6.92 Å². The van der Waals surface area contributed by atoms with E-state index in [1.165, 1.54) is 24.9 Å². The van der Waals surface area contributed by atoms with Gasteiger partial charge in [0.05, 0.1) is 0 Å². The Morgan fingerprint density at radius 1 is 1.20 bits per heavy atom. The Labute approximate surface area is 121 Å². The summed E-state index contributed by atoms with van der Waals surface area (Å²) in [5.74, 6) is 0.734. The molecule has 1 saturated carbocycles. The van der Waals surface area contributed by atoms with E-state index in [0.29, 0.717) is 12.1 Å². The van der Waals surface area contributed by atoms with Crippen molar-refractivity contribution >= 4 is 5.69 Å². The van der Waals surface area contributed by atoms with Crippen LogP contribution in [0.15, 0.2) is 24.3 Å². The van der Waals surface area contributed by atoms with Crippen LogP contribution in [0.5, 0.6) is 0 Å². The van der Waals surface area contributed by atoms with E-state index < -0.39 is 0 Å². The van der Waals surface area contributed by atoms with Gasteiger partial charge in [0, 0.05) is 37.4 Å². The Bertz CT molecular complexity index is 441. The van der Waals surface area contributed by atoms with Gasteiger partial charge < -0.3 is 4.90 Å². The van der Waals surface area contributed by atoms with Crippen LogP contribution >= 0.6 is 0 Å². The predicted molar refractivity (Wildman–Crippen MR) is 81.6 cm³/mol. The topological polar surface area (TPSA) is 6.48 Å². The molecule has 2 nitrogen and oxygen atoms in total. The van der Waals surface area contributed by atoms with Gasteiger partial charge in [0.2, 0.25) is 0 Å². The molecule has 1 aromatic carbocycles. The van der Waals surface area contributed by atoms with E-state index in [4.69, 9.17) is 0 Å². The Hall–Kier alpha value is -1.09. The maximum absolute atomic E-state index is 13.1. The number of halogens is 1. The lowest BCUT2D eigenvalue weighted by molar-refractivity contribution is 0.110. The zero-order chi connectivity index (χ0) is 14.1. The van der Waals surface area contributed by atoms with Crippen molar-refractivity contribution in [3.63, 3.8) is 0 Å². The summed E-state index contributed by atoms with van der Waals surface area (Å²) in [6.45, 7) is 7.91. The molecule has 1 heterocycles. The van der Waals surface area contributed by atoms with Crippen LogP contribution in [0.2, 0.25) is 0 Å². The number of piperazine rings is 1. The molecular formula is C17H25FN2. The summed E-state index contributed by atoms with van der Waals surface area (Å²) in [5.41, 5.74) is 1.17. The van der Waals surface area contributed by atoms with Crippen molar-refractivity contribution in [1.29, 1.82) is 0 Å². The van der Waals surface area contributed by atoms with E-state index in [2.05, 4.69) is 23.6 Å². The van der Waals surface area contributed by atoms with Gasteiger partial charge in [-0.3, -0.25) is 4.90 Å². The second kappa shape index (κ2) is 5.72. The smallest absolute Gasteiger partial charge is 0.123 e. The van der Waals surface area contributed by atoms with Crippen LogP contribution in [0.3, 0.4) is 0 Å². The van der Waals surface area contributed by atoms with Gasteiger partial charge in [0.1, 0.15) is 5.82 Å². The summed E-state index contributed by atoms with van der Waals surface area (Å²) >= 11 is 0. The molecule has 1 saturated heterocycles. The third-order valence-electron chi connectivity index (χ3n) is 4.98. The third-order valence-corrected chi connectivity index (χ3v) is 4.98. The average molecular weight is 276 g/mol. The molecule has 2 unspecified atom stereocenters. The Balaban J connectivity index is 1.73. The van der Waals surface area contributed by atoms with E-state index in [1.807, 2.05) is 12.1 Å². The highest BCUT2D eigenvalue weighted by Crippen LogP contribution is 2.38. The van der Waals surface area contributed by atoms with E-state index in [9.17, 15) is 4.39 Å². The van der Waals surface area contributed by atoms with Crippen LogP contribution in [-0.2, 0) is 0 Å². The molecular weight excluding hydrogens is 251 g/mol. The van der Waals surface area contributed by atoms with Crippen LogP contribution in [0, 0.1) is 11.7 Å². The van der Waals surface area contributed by atoms with Gasteiger partial charge in [0.25, 0.3) is 0 Å². The van der Waals surface area contributed by atoms with E-state index in [1.54, 1.807) is 12.1 Å². The molecule has 0 spiro atoms. The van der Waals surface area contributed by atoms with Crippen LogP contribution in [0.25, 0.3) is 0 Å². The average Bonchev–Trinajstić information content (AvgIpc) is 3.31. The molecule has 0 bridgehead atoms. The molecule has 3 heteroatoms. The summed E-state index contributed by atoms with van der Waals surface area (Å²) in [7, 11) is 0. The highest BCUT2D eigenvalue weighted by atomic mass is 19.1. The fourth-order valence-corrected chi connectivity index (χ4v) is 3.39. The van der Waals surface area contributed by atoms with E-state index in [-0.39, 0.29) is 5.82 Å². The van der Waals surface area contributed by atoms with Gasteiger partial charge in [-0.15, -0.1) is 0 Å². The Kier molecular flexibility index (Phi) is 3.97. The first-order valence-electron chi connectivity index (χ1n) is 7.95. The molecule has 2 fully saturated rings. The molecule has 0 amide bonds. The molecule has 110 valence electrons.